The number of hydrogen-bond donors (Lipinski definition) is 1. The minimum absolute atomic E-state index is 0.0137. The SMILES string of the molecule is CC[C@@H](C)NC(=O)CN1CCCC[C@H]1C(=O)OC. The Morgan fingerprint density at radius 3 is 2.78 bits per heavy atom. The van der Waals surface area contributed by atoms with Crippen LogP contribution in [0.3, 0.4) is 0 Å². The lowest BCUT2D eigenvalue weighted by atomic mass is 10.0. The van der Waals surface area contributed by atoms with Crippen LogP contribution >= 0.6 is 0 Å². The number of nitrogens with zero attached hydrogens (tertiary/aromatic N) is 1. The minimum Gasteiger partial charge on any atom is -0.468 e. The number of esters is 1. The van der Waals surface area contributed by atoms with Gasteiger partial charge in [-0.3, -0.25) is 14.5 Å². The zero-order valence-electron chi connectivity index (χ0n) is 11.6. The van der Waals surface area contributed by atoms with Crippen LogP contribution in [0.5, 0.6) is 0 Å². The van der Waals surface area contributed by atoms with Gasteiger partial charge in [0.2, 0.25) is 5.91 Å². The van der Waals surface area contributed by atoms with Gasteiger partial charge in [0.15, 0.2) is 0 Å². The molecule has 1 fully saturated rings. The fraction of sp³-hybridized carbons (Fsp3) is 0.846. The highest BCUT2D eigenvalue weighted by Gasteiger charge is 2.30. The minimum atomic E-state index is -0.258. The van der Waals surface area contributed by atoms with Gasteiger partial charge in [-0.15, -0.1) is 0 Å². The van der Waals surface area contributed by atoms with Crippen molar-refractivity contribution in [2.75, 3.05) is 20.2 Å². The lowest BCUT2D eigenvalue weighted by molar-refractivity contribution is -0.148. The molecule has 1 heterocycles. The number of methoxy groups -OCH3 is 1. The van der Waals surface area contributed by atoms with E-state index in [4.69, 9.17) is 4.74 Å². The second-order valence-electron chi connectivity index (χ2n) is 4.88. The molecule has 1 rings (SSSR count). The lowest BCUT2D eigenvalue weighted by Gasteiger charge is -2.33. The summed E-state index contributed by atoms with van der Waals surface area (Å²) in [6, 6.07) is -0.0784. The summed E-state index contributed by atoms with van der Waals surface area (Å²) < 4.78 is 4.79. The number of amides is 1. The molecule has 1 aliphatic rings. The number of carbonyl (C=O) groups excluding carboxylic acids is 2. The third kappa shape index (κ3) is 4.29. The van der Waals surface area contributed by atoms with Crippen molar-refractivity contribution in [3.05, 3.63) is 0 Å². The molecule has 1 N–H and O–H groups in total. The van der Waals surface area contributed by atoms with Gasteiger partial charge in [0, 0.05) is 6.04 Å². The molecule has 2 atom stereocenters. The molecule has 0 aromatic carbocycles. The summed E-state index contributed by atoms with van der Waals surface area (Å²) in [4.78, 5) is 25.4. The molecule has 104 valence electrons. The zero-order chi connectivity index (χ0) is 13.5. The number of nitrogens with one attached hydrogen (secondary N) is 1. The third-order valence-corrected chi connectivity index (χ3v) is 3.45. The van der Waals surface area contributed by atoms with E-state index in [-0.39, 0.29) is 30.5 Å². The van der Waals surface area contributed by atoms with Gasteiger partial charge in [-0.2, -0.15) is 0 Å². The van der Waals surface area contributed by atoms with Crippen LogP contribution in [0.25, 0.3) is 0 Å². The van der Waals surface area contributed by atoms with E-state index in [0.717, 1.165) is 32.2 Å². The number of likely N-dealkylation sites (tertiary alicyclic amines) is 1. The summed E-state index contributed by atoms with van der Waals surface area (Å²) in [6.07, 6.45) is 3.74. The van der Waals surface area contributed by atoms with Crippen LogP contribution in [0, 0.1) is 0 Å². The summed E-state index contributed by atoms with van der Waals surface area (Å²) in [6.45, 7) is 5.08. The molecule has 5 heteroatoms. The highest BCUT2D eigenvalue weighted by Crippen LogP contribution is 2.17. The molecule has 18 heavy (non-hydrogen) atoms. The van der Waals surface area contributed by atoms with Gasteiger partial charge in [-0.25, -0.2) is 0 Å². The smallest absolute Gasteiger partial charge is 0.323 e. The summed E-state index contributed by atoms with van der Waals surface area (Å²) >= 11 is 0. The summed E-state index contributed by atoms with van der Waals surface area (Å²) in [7, 11) is 1.40. The van der Waals surface area contributed by atoms with Crippen molar-refractivity contribution in [1.29, 1.82) is 0 Å². The Labute approximate surface area is 109 Å². The Bertz CT molecular complexity index is 294. The fourth-order valence-corrected chi connectivity index (χ4v) is 2.19. The average molecular weight is 256 g/mol. The van der Waals surface area contributed by atoms with Gasteiger partial charge in [-0.05, 0) is 32.7 Å². The molecular formula is C13H24N2O3. The van der Waals surface area contributed by atoms with E-state index in [9.17, 15) is 9.59 Å². The molecule has 1 aliphatic heterocycles. The van der Waals surface area contributed by atoms with E-state index < -0.39 is 0 Å². The molecule has 0 aromatic heterocycles. The Kier molecular flexibility index (Phi) is 6.12. The first kappa shape index (κ1) is 15.0. The van der Waals surface area contributed by atoms with Crippen LogP contribution < -0.4 is 5.32 Å². The normalized spacial score (nSPS) is 22.3. The largest absolute Gasteiger partial charge is 0.468 e. The van der Waals surface area contributed by atoms with Gasteiger partial charge >= 0.3 is 5.97 Å². The van der Waals surface area contributed by atoms with Crippen LogP contribution in [-0.2, 0) is 14.3 Å². The Balaban J connectivity index is 2.51. The Morgan fingerprint density at radius 1 is 1.44 bits per heavy atom. The van der Waals surface area contributed by atoms with Crippen LogP contribution in [0.1, 0.15) is 39.5 Å². The second-order valence-corrected chi connectivity index (χ2v) is 4.88. The molecule has 0 aliphatic carbocycles. The van der Waals surface area contributed by atoms with Gasteiger partial charge in [0.1, 0.15) is 6.04 Å². The molecule has 1 saturated heterocycles. The molecule has 0 aromatic rings. The number of carbonyl (C=O) groups is 2. The molecule has 0 radical (unpaired) electrons. The first-order chi connectivity index (χ1) is 8.58. The van der Waals surface area contributed by atoms with E-state index in [1.165, 1.54) is 7.11 Å². The highest BCUT2D eigenvalue weighted by atomic mass is 16.5. The fourth-order valence-electron chi connectivity index (χ4n) is 2.19. The first-order valence-corrected chi connectivity index (χ1v) is 6.69. The predicted molar refractivity (Wildman–Crippen MR) is 69.1 cm³/mol. The number of ether oxygens (including phenoxy) is 1. The first-order valence-electron chi connectivity index (χ1n) is 6.69. The van der Waals surface area contributed by atoms with Crippen molar-refractivity contribution >= 4 is 11.9 Å². The van der Waals surface area contributed by atoms with Crippen molar-refractivity contribution < 1.29 is 14.3 Å². The van der Waals surface area contributed by atoms with Crippen LogP contribution in [0.2, 0.25) is 0 Å². The molecule has 1 amide bonds. The van der Waals surface area contributed by atoms with Crippen LogP contribution in [0.4, 0.5) is 0 Å². The molecule has 0 saturated carbocycles. The van der Waals surface area contributed by atoms with Crippen LogP contribution in [-0.4, -0.2) is 49.1 Å². The molecule has 0 spiro atoms. The molecule has 0 bridgehead atoms. The summed E-state index contributed by atoms with van der Waals surface area (Å²) in [5.74, 6) is -0.244. The maximum absolute atomic E-state index is 11.8. The van der Waals surface area contributed by atoms with Crippen molar-refractivity contribution in [3.8, 4) is 0 Å². The van der Waals surface area contributed by atoms with E-state index in [1.54, 1.807) is 0 Å². The standard InChI is InChI=1S/C13H24N2O3/c1-4-10(2)14-12(16)9-15-8-6-5-7-11(15)13(17)18-3/h10-11H,4-9H2,1-3H3,(H,14,16)/t10-,11+/m1/s1. The monoisotopic (exact) mass is 256 g/mol. The maximum Gasteiger partial charge on any atom is 0.323 e. The van der Waals surface area contributed by atoms with Crippen molar-refractivity contribution in [2.45, 2.75) is 51.6 Å². The van der Waals surface area contributed by atoms with E-state index in [1.807, 2.05) is 18.7 Å². The van der Waals surface area contributed by atoms with E-state index in [2.05, 4.69) is 5.32 Å². The number of hydrogen-bond acceptors (Lipinski definition) is 4. The third-order valence-electron chi connectivity index (χ3n) is 3.45. The van der Waals surface area contributed by atoms with Crippen molar-refractivity contribution in [3.63, 3.8) is 0 Å². The predicted octanol–water partition coefficient (Wildman–Crippen LogP) is 0.929. The zero-order valence-corrected chi connectivity index (χ0v) is 11.6. The molecular weight excluding hydrogens is 232 g/mol. The number of rotatable bonds is 5. The average Bonchev–Trinajstić information content (AvgIpc) is 2.38. The van der Waals surface area contributed by atoms with Gasteiger partial charge in [0.25, 0.3) is 0 Å². The Hall–Kier alpha value is -1.10. The van der Waals surface area contributed by atoms with Gasteiger partial charge in [0.05, 0.1) is 13.7 Å². The Morgan fingerprint density at radius 2 is 2.17 bits per heavy atom. The molecule has 0 unspecified atom stereocenters. The lowest BCUT2D eigenvalue weighted by Crippen LogP contribution is -2.50. The van der Waals surface area contributed by atoms with E-state index in [0.29, 0.717) is 0 Å². The maximum atomic E-state index is 11.8. The number of piperidine rings is 1. The quantitative estimate of drug-likeness (QED) is 0.743. The van der Waals surface area contributed by atoms with Crippen molar-refractivity contribution in [1.82, 2.24) is 10.2 Å². The summed E-state index contributed by atoms with van der Waals surface area (Å²) in [5.41, 5.74) is 0. The van der Waals surface area contributed by atoms with Crippen LogP contribution in [0.15, 0.2) is 0 Å². The second kappa shape index (κ2) is 7.36. The molecule has 5 nitrogen and oxygen atoms in total. The van der Waals surface area contributed by atoms with E-state index >= 15 is 0 Å². The summed E-state index contributed by atoms with van der Waals surface area (Å²) in [5, 5.41) is 2.92. The van der Waals surface area contributed by atoms with Gasteiger partial charge in [-0.1, -0.05) is 13.3 Å². The highest BCUT2D eigenvalue weighted by molar-refractivity contribution is 5.80. The van der Waals surface area contributed by atoms with Crippen molar-refractivity contribution in [2.24, 2.45) is 0 Å². The topological polar surface area (TPSA) is 58.6 Å². The van der Waals surface area contributed by atoms with Gasteiger partial charge < -0.3 is 10.1 Å².